The average Bonchev–Trinajstić information content (AvgIpc) is 1.56. The zero-order valence-electron chi connectivity index (χ0n) is 53.8. The summed E-state index contributed by atoms with van der Waals surface area (Å²) in [6.07, 6.45) is 9.32. The van der Waals surface area contributed by atoms with Gasteiger partial charge in [0.2, 0.25) is 11.8 Å². The molecule has 3 heterocycles. The van der Waals surface area contributed by atoms with Crippen LogP contribution in [0.2, 0.25) is 5.02 Å². The molecule has 0 radical (unpaired) electrons. The number of allylic oxidation sites excluding steroid dienone is 4. The number of benzene rings is 2. The summed E-state index contributed by atoms with van der Waals surface area (Å²) in [6.45, 7) is 6.17. The van der Waals surface area contributed by atoms with E-state index < -0.39 is 107 Å². The lowest BCUT2D eigenvalue weighted by molar-refractivity contribution is -0.163. The van der Waals surface area contributed by atoms with E-state index in [-0.39, 0.29) is 80.8 Å². The molecular formula is C65H85ClN8O18. The largest absolute Gasteiger partial charge is 0.495 e. The predicted molar refractivity (Wildman–Crippen MR) is 336 cm³/mol. The number of carbonyl (C=O) groups is 10. The van der Waals surface area contributed by atoms with Crippen LogP contribution in [-0.2, 0) is 65.4 Å². The van der Waals surface area contributed by atoms with Gasteiger partial charge in [0.1, 0.15) is 54.4 Å². The lowest BCUT2D eigenvalue weighted by Gasteiger charge is -2.42. The number of carbonyl (C=O) groups excluding carboxylic acids is 10. The maximum absolute atomic E-state index is 14.5. The Morgan fingerprint density at radius 2 is 1.63 bits per heavy atom. The minimum absolute atomic E-state index is 0.0112. The highest BCUT2D eigenvalue weighted by molar-refractivity contribution is 6.35. The smallest absolute Gasteiger partial charge is 0.412 e. The van der Waals surface area contributed by atoms with Gasteiger partial charge in [-0.25, -0.2) is 24.0 Å². The molecule has 0 aromatic heterocycles. The van der Waals surface area contributed by atoms with Crippen LogP contribution in [0.5, 0.6) is 5.75 Å². The Morgan fingerprint density at radius 3 is 2.33 bits per heavy atom. The molecule has 0 spiro atoms. The number of anilines is 2. The van der Waals surface area contributed by atoms with Gasteiger partial charge < -0.3 is 63.2 Å². The highest BCUT2D eigenvalue weighted by Crippen LogP contribution is 2.61. The highest BCUT2D eigenvalue weighted by atomic mass is 35.5. The molecule has 3 aliphatic heterocycles. The Balaban J connectivity index is 0.927. The second-order valence-electron chi connectivity index (χ2n) is 24.2. The van der Waals surface area contributed by atoms with Crippen LogP contribution in [-0.4, -0.2) is 196 Å². The molecule has 2 aromatic rings. The molecule has 2 fully saturated rings. The Bertz CT molecular complexity index is 3230. The maximum atomic E-state index is 14.5. The first-order valence-electron chi connectivity index (χ1n) is 30.7. The van der Waals surface area contributed by atoms with E-state index in [1.54, 1.807) is 37.4 Å². The number of halogens is 1. The molecule has 2 unspecified atom stereocenters. The number of nitrogens with one attached hydrogen (secondary N) is 3. The summed E-state index contributed by atoms with van der Waals surface area (Å²) in [4.78, 5) is 138. The molecule has 2 aromatic carbocycles. The second kappa shape index (κ2) is 31.7. The van der Waals surface area contributed by atoms with Gasteiger partial charge in [-0.3, -0.25) is 39.5 Å². The number of ether oxygens (including phenoxy) is 7. The Kier molecular flexibility index (Phi) is 24.4. The monoisotopic (exact) mass is 1300 g/mol. The summed E-state index contributed by atoms with van der Waals surface area (Å²) in [5.74, 6) is -3.91. The van der Waals surface area contributed by atoms with Gasteiger partial charge in [0.05, 0.1) is 36.9 Å². The molecule has 7 rings (SSSR count). The van der Waals surface area contributed by atoms with E-state index in [1.165, 1.54) is 69.1 Å². The minimum Gasteiger partial charge on any atom is -0.495 e. The van der Waals surface area contributed by atoms with Gasteiger partial charge in [0.25, 0.3) is 17.7 Å². The molecule has 92 heavy (non-hydrogen) atoms. The molecule has 2 aliphatic carbocycles. The minimum atomic E-state index is -1.86. The molecule has 27 heteroatoms. The Morgan fingerprint density at radius 1 is 0.924 bits per heavy atom. The van der Waals surface area contributed by atoms with Gasteiger partial charge in [0, 0.05) is 85.5 Å². The fraction of sp³-hybridized carbons (Fsp3) is 0.538. The molecule has 1 saturated carbocycles. The lowest BCUT2D eigenvalue weighted by atomic mass is 9.83. The third-order valence-electron chi connectivity index (χ3n) is 17.6. The lowest BCUT2D eigenvalue weighted by Crippen LogP contribution is -2.63. The van der Waals surface area contributed by atoms with Crippen LogP contribution < -0.4 is 25.6 Å². The van der Waals surface area contributed by atoms with Crippen molar-refractivity contribution >= 4 is 82.9 Å². The van der Waals surface area contributed by atoms with E-state index in [1.807, 2.05) is 39.0 Å². The van der Waals surface area contributed by atoms with Gasteiger partial charge in [0.15, 0.2) is 5.72 Å². The summed E-state index contributed by atoms with van der Waals surface area (Å²) in [7, 11) is 8.71. The molecule has 5 aliphatic rings. The van der Waals surface area contributed by atoms with E-state index >= 15 is 0 Å². The van der Waals surface area contributed by atoms with Crippen LogP contribution in [0.25, 0.3) is 0 Å². The van der Waals surface area contributed by atoms with Crippen LogP contribution in [0.1, 0.15) is 107 Å². The van der Waals surface area contributed by atoms with Crippen molar-refractivity contribution in [3.63, 3.8) is 0 Å². The van der Waals surface area contributed by atoms with Crippen molar-refractivity contribution in [1.82, 2.24) is 30.2 Å². The van der Waals surface area contributed by atoms with E-state index in [2.05, 4.69) is 16.0 Å². The van der Waals surface area contributed by atoms with Gasteiger partial charge in [-0.15, -0.1) is 0 Å². The first kappa shape index (κ1) is 71.0. The third kappa shape index (κ3) is 18.2. The summed E-state index contributed by atoms with van der Waals surface area (Å²) in [5, 5.41) is 19.9. The summed E-state index contributed by atoms with van der Waals surface area (Å²) < 4.78 is 39.9. The molecule has 4 N–H and O–H groups in total. The maximum Gasteiger partial charge on any atom is 0.412 e. The molecule has 1 saturated heterocycles. The number of methoxy groups -OCH3 is 2. The van der Waals surface area contributed by atoms with Crippen molar-refractivity contribution in [2.75, 3.05) is 85.4 Å². The van der Waals surface area contributed by atoms with Crippen molar-refractivity contribution in [2.24, 2.45) is 17.3 Å². The summed E-state index contributed by atoms with van der Waals surface area (Å²) >= 11 is 6.85. The molecule has 500 valence electrons. The van der Waals surface area contributed by atoms with Crippen LogP contribution in [0, 0.1) is 17.3 Å². The second-order valence-corrected chi connectivity index (χ2v) is 24.6. The van der Waals surface area contributed by atoms with Crippen molar-refractivity contribution < 1.29 is 86.2 Å². The number of alkyl carbamates (subject to hydrolysis) is 1. The quantitative estimate of drug-likeness (QED) is 0.0467. The van der Waals surface area contributed by atoms with E-state index in [9.17, 15) is 53.1 Å². The van der Waals surface area contributed by atoms with E-state index in [0.29, 0.717) is 36.3 Å². The zero-order chi connectivity index (χ0) is 67.2. The third-order valence-corrected chi connectivity index (χ3v) is 18.0. The standard InChI is InChI=1S/C65H85ClN8O18/c1-39-17-16-20-51(87-10)65(85)37-50(91-61(82)69-65)40(2)46-36-64(46,4)52(35-56(78)73(8)48-33-43(31-39)34-49(86-9)57(48)66)92-59(80)41(3)72(7)53(75)25-30-88-62(83)70(5)28-29-71(6)63(84)89-38-42-21-22-47(68-60(81)90-44-18-14-12-11-13-15-19-44)45(32-42)58(79)67-26-27-74-54(76)23-24-55(74)77/h14,16-18,20-24,32-34,40-41,44,46,50-52,85H,11-13,15,19,25-31,35-38H2,1-10H3,(H,67,79)(H,68,81)(H,69,82)/b18-14+,20-16+,39-17+/t40-,41-,44?,46-,50-,51+,52-,64?,65-/m0/s1. The number of imide groups is 1. The predicted octanol–water partition coefficient (Wildman–Crippen LogP) is 7.20. The van der Waals surface area contributed by atoms with Crippen molar-refractivity contribution in [3.05, 3.63) is 100 Å². The van der Waals surface area contributed by atoms with Crippen molar-refractivity contribution in [3.8, 4) is 5.75 Å². The number of esters is 1. The fourth-order valence-corrected chi connectivity index (χ4v) is 11.8. The number of aliphatic hydroxyl groups is 1. The SMILES string of the molecule is COc1cc2cc(c1Cl)N(C)C(=O)C[C@H](OC(=O)[C@H](C)N(C)C(=O)CCOC(=O)N(C)CCN(C)C(=O)OCc1ccc(NC(=O)OC3/C=C/CCCCC3)c(C(=O)NCCN3C(=O)C=CC3=O)c1)C1(C)C[C@H]1[C@H](C)[C@@H]1C[C@@](O)(NC(=O)O1)[C@H](OC)/C=C/C=C(\C)C2. The number of hydrogen-bond donors (Lipinski definition) is 4. The first-order valence-corrected chi connectivity index (χ1v) is 31.1. The van der Waals surface area contributed by atoms with Crippen LogP contribution >= 0.6 is 11.6 Å². The molecule has 26 nitrogen and oxygen atoms in total. The topological polar surface area (TPSA) is 308 Å². The zero-order valence-corrected chi connectivity index (χ0v) is 54.5. The fourth-order valence-electron chi connectivity index (χ4n) is 11.5. The van der Waals surface area contributed by atoms with Crippen molar-refractivity contribution in [1.29, 1.82) is 0 Å². The molecule has 9 amide bonds. The molecular weight excluding hydrogens is 1220 g/mol. The van der Waals surface area contributed by atoms with Crippen LogP contribution in [0.4, 0.5) is 30.6 Å². The van der Waals surface area contributed by atoms with Gasteiger partial charge in [-0.2, -0.15) is 0 Å². The van der Waals surface area contributed by atoms with E-state index in [0.717, 1.165) is 58.8 Å². The number of rotatable bonds is 19. The number of amides is 9. The Hall–Kier alpha value is -8.49. The van der Waals surface area contributed by atoms with E-state index in [4.69, 9.17) is 44.8 Å². The first-order chi connectivity index (χ1) is 43.7. The molecule has 9 atom stereocenters. The average molecular weight is 1300 g/mol. The van der Waals surface area contributed by atoms with Gasteiger partial charge in [-0.1, -0.05) is 67.8 Å². The number of fused-ring (bicyclic) bond motifs is 5. The number of likely N-dealkylation sites (N-methyl/N-ethyl adjacent to an activating group) is 3. The highest BCUT2D eigenvalue weighted by Gasteiger charge is 2.62. The summed E-state index contributed by atoms with van der Waals surface area (Å²) in [6, 6.07) is 6.77. The number of nitrogens with zero attached hydrogens (tertiary/aromatic N) is 5. The van der Waals surface area contributed by atoms with Crippen molar-refractivity contribution in [2.45, 2.75) is 135 Å². The summed E-state index contributed by atoms with van der Waals surface area (Å²) in [5.41, 5.74) is -0.266. The molecule has 4 bridgehead atoms. The number of hydrogen-bond acceptors (Lipinski definition) is 18. The van der Waals surface area contributed by atoms with Gasteiger partial charge in [-0.05, 0) is 106 Å². The normalized spacial score (nSPS) is 25.5. The van der Waals surface area contributed by atoms with Gasteiger partial charge >= 0.3 is 30.3 Å². The Labute approximate surface area is 540 Å². The van der Waals surface area contributed by atoms with Crippen LogP contribution in [0.15, 0.2) is 78.4 Å². The van der Waals surface area contributed by atoms with Crippen LogP contribution in [0.3, 0.4) is 0 Å².